The van der Waals surface area contributed by atoms with Crippen LogP contribution in [0.1, 0.15) is 6.92 Å². The molecule has 62 valence electrons. The van der Waals surface area contributed by atoms with Crippen molar-refractivity contribution in [3.05, 3.63) is 0 Å². The number of nitrogens with one attached hydrogen (secondary N) is 1. The number of amidine groups is 1. The van der Waals surface area contributed by atoms with Gasteiger partial charge in [-0.3, -0.25) is 10.3 Å². The lowest BCUT2D eigenvalue weighted by molar-refractivity contribution is 0.193. The Morgan fingerprint density at radius 1 is 1.73 bits per heavy atom. The molecule has 4 nitrogen and oxygen atoms in total. The summed E-state index contributed by atoms with van der Waals surface area (Å²) >= 11 is 1.38. The largest absolute Gasteiger partial charge is 0.326 e. The Kier molecular flexibility index (Phi) is 2.38. The van der Waals surface area contributed by atoms with E-state index in [4.69, 9.17) is 5.41 Å². The summed E-state index contributed by atoms with van der Waals surface area (Å²) in [6.45, 7) is 2.45. The van der Waals surface area contributed by atoms with E-state index in [2.05, 4.69) is 0 Å². The Morgan fingerprint density at radius 3 is 2.82 bits per heavy atom. The van der Waals surface area contributed by atoms with Crippen molar-refractivity contribution < 1.29 is 4.79 Å². The molecule has 0 aromatic heterocycles. The molecule has 1 aliphatic rings. The summed E-state index contributed by atoms with van der Waals surface area (Å²) in [6, 6.07) is -0.0729. The zero-order valence-corrected chi connectivity index (χ0v) is 7.44. The minimum absolute atomic E-state index is 0.0729. The van der Waals surface area contributed by atoms with Crippen LogP contribution in [0, 0.1) is 5.41 Å². The first-order valence-electron chi connectivity index (χ1n) is 3.40. The van der Waals surface area contributed by atoms with Gasteiger partial charge in [0.25, 0.3) is 0 Å². The Labute approximate surface area is 70.0 Å². The quantitative estimate of drug-likeness (QED) is 0.643. The molecule has 1 saturated heterocycles. The van der Waals surface area contributed by atoms with Gasteiger partial charge >= 0.3 is 6.03 Å². The fourth-order valence-electron chi connectivity index (χ4n) is 0.863. The van der Waals surface area contributed by atoms with Gasteiger partial charge < -0.3 is 4.90 Å². The lowest BCUT2D eigenvalue weighted by atomic mass is 10.6. The molecule has 1 rings (SSSR count). The van der Waals surface area contributed by atoms with Crippen LogP contribution in [0.3, 0.4) is 0 Å². The smallest absolute Gasteiger partial charge is 0.318 e. The predicted molar refractivity (Wildman–Crippen MR) is 45.7 cm³/mol. The lowest BCUT2D eigenvalue weighted by Crippen LogP contribution is -2.47. The predicted octanol–water partition coefficient (Wildman–Crippen LogP) is 0.999. The molecule has 0 aliphatic carbocycles. The van der Waals surface area contributed by atoms with Gasteiger partial charge in [0.05, 0.1) is 5.88 Å². The number of hydrogen-bond acceptors (Lipinski definition) is 3. The third-order valence-corrected chi connectivity index (χ3v) is 2.52. The van der Waals surface area contributed by atoms with Crippen molar-refractivity contribution in [1.82, 2.24) is 9.80 Å². The fraction of sp³-hybridized carbons (Fsp3) is 0.667. The summed E-state index contributed by atoms with van der Waals surface area (Å²) in [5.41, 5.74) is 0. The van der Waals surface area contributed by atoms with Gasteiger partial charge in [-0.05, 0) is 6.92 Å². The van der Waals surface area contributed by atoms with Gasteiger partial charge in [-0.15, -0.1) is 0 Å². The van der Waals surface area contributed by atoms with Crippen molar-refractivity contribution >= 4 is 23.0 Å². The second kappa shape index (κ2) is 3.13. The number of carbonyl (C=O) groups is 1. The molecule has 1 fully saturated rings. The van der Waals surface area contributed by atoms with Crippen molar-refractivity contribution in [3.63, 3.8) is 0 Å². The van der Waals surface area contributed by atoms with Crippen LogP contribution in [-0.2, 0) is 0 Å². The topological polar surface area (TPSA) is 47.4 Å². The van der Waals surface area contributed by atoms with Gasteiger partial charge in [0.1, 0.15) is 0 Å². The Morgan fingerprint density at radius 2 is 2.36 bits per heavy atom. The van der Waals surface area contributed by atoms with Crippen molar-refractivity contribution in [2.75, 3.05) is 19.5 Å². The molecular weight excluding hydrogens is 162 g/mol. The van der Waals surface area contributed by atoms with E-state index in [1.807, 2.05) is 6.92 Å². The molecule has 0 spiro atoms. The van der Waals surface area contributed by atoms with Crippen molar-refractivity contribution in [2.24, 2.45) is 0 Å². The van der Waals surface area contributed by atoms with Crippen LogP contribution in [0.2, 0.25) is 0 Å². The summed E-state index contributed by atoms with van der Waals surface area (Å²) < 4.78 is 0. The molecular formula is C6H11N3OS. The highest BCUT2D eigenvalue weighted by Gasteiger charge is 2.25. The van der Waals surface area contributed by atoms with Gasteiger partial charge in [0.15, 0.2) is 5.17 Å². The van der Waals surface area contributed by atoms with Crippen LogP contribution < -0.4 is 0 Å². The summed E-state index contributed by atoms with van der Waals surface area (Å²) in [4.78, 5) is 14.3. The van der Waals surface area contributed by atoms with Gasteiger partial charge in [0.2, 0.25) is 0 Å². The SMILES string of the molecule is CCN1C(=N)SCN(C)C1=O. The molecule has 0 bridgehead atoms. The van der Waals surface area contributed by atoms with Crippen LogP contribution in [0.4, 0.5) is 4.79 Å². The van der Waals surface area contributed by atoms with E-state index in [9.17, 15) is 4.79 Å². The Bertz CT molecular complexity index is 194. The van der Waals surface area contributed by atoms with Gasteiger partial charge in [-0.2, -0.15) is 0 Å². The molecule has 5 heteroatoms. The summed E-state index contributed by atoms with van der Waals surface area (Å²) in [5, 5.41) is 7.76. The van der Waals surface area contributed by atoms with Crippen molar-refractivity contribution in [2.45, 2.75) is 6.92 Å². The van der Waals surface area contributed by atoms with E-state index < -0.39 is 0 Å². The Balaban J connectivity index is 2.71. The molecule has 0 aromatic carbocycles. The first kappa shape index (κ1) is 8.39. The Hall–Kier alpha value is -0.710. The number of carbonyl (C=O) groups excluding carboxylic acids is 1. The van der Waals surface area contributed by atoms with E-state index in [-0.39, 0.29) is 6.03 Å². The molecule has 0 atom stereocenters. The number of nitrogens with zero attached hydrogens (tertiary/aromatic N) is 2. The number of urea groups is 1. The zero-order chi connectivity index (χ0) is 8.43. The average molecular weight is 173 g/mol. The average Bonchev–Trinajstić information content (AvgIpc) is 1.99. The normalized spacial score (nSPS) is 19.5. The number of rotatable bonds is 1. The van der Waals surface area contributed by atoms with Crippen molar-refractivity contribution in [1.29, 1.82) is 5.41 Å². The maximum atomic E-state index is 11.3. The van der Waals surface area contributed by atoms with E-state index in [1.54, 1.807) is 11.9 Å². The molecule has 0 aromatic rings. The first-order valence-corrected chi connectivity index (χ1v) is 4.39. The molecule has 11 heavy (non-hydrogen) atoms. The molecule has 0 unspecified atom stereocenters. The number of hydrogen-bond donors (Lipinski definition) is 1. The summed E-state index contributed by atoms with van der Waals surface area (Å²) in [6.07, 6.45) is 0. The molecule has 0 radical (unpaired) electrons. The van der Waals surface area contributed by atoms with Crippen LogP contribution in [0.15, 0.2) is 0 Å². The molecule has 2 amide bonds. The van der Waals surface area contributed by atoms with Gasteiger partial charge in [0, 0.05) is 13.6 Å². The number of amides is 2. The van der Waals surface area contributed by atoms with Crippen LogP contribution in [0.5, 0.6) is 0 Å². The van der Waals surface area contributed by atoms with E-state index in [0.29, 0.717) is 17.6 Å². The molecule has 1 N–H and O–H groups in total. The third kappa shape index (κ3) is 1.48. The fourth-order valence-corrected chi connectivity index (χ4v) is 1.65. The minimum atomic E-state index is -0.0729. The summed E-state index contributed by atoms with van der Waals surface area (Å²) in [5.74, 6) is 0.591. The maximum absolute atomic E-state index is 11.3. The van der Waals surface area contributed by atoms with Gasteiger partial charge in [-0.1, -0.05) is 11.8 Å². The lowest BCUT2D eigenvalue weighted by Gasteiger charge is -2.31. The monoisotopic (exact) mass is 173 g/mol. The highest BCUT2D eigenvalue weighted by Crippen LogP contribution is 2.16. The van der Waals surface area contributed by atoms with E-state index in [0.717, 1.165) is 0 Å². The minimum Gasteiger partial charge on any atom is -0.318 e. The standard InChI is InChI=1S/C6H11N3OS/c1-3-9-5(7)11-4-8(2)6(9)10/h7H,3-4H2,1-2H3. The molecule has 1 aliphatic heterocycles. The highest BCUT2D eigenvalue weighted by molar-refractivity contribution is 8.13. The molecule has 0 saturated carbocycles. The van der Waals surface area contributed by atoms with Crippen LogP contribution >= 0.6 is 11.8 Å². The van der Waals surface area contributed by atoms with Crippen LogP contribution in [0.25, 0.3) is 0 Å². The van der Waals surface area contributed by atoms with Gasteiger partial charge in [-0.25, -0.2) is 4.79 Å². The third-order valence-electron chi connectivity index (χ3n) is 1.51. The summed E-state index contributed by atoms with van der Waals surface area (Å²) in [7, 11) is 1.74. The van der Waals surface area contributed by atoms with Crippen LogP contribution in [-0.4, -0.2) is 40.5 Å². The number of thioether (sulfide) groups is 1. The second-order valence-electron chi connectivity index (χ2n) is 2.30. The maximum Gasteiger partial charge on any atom is 0.326 e. The highest BCUT2D eigenvalue weighted by atomic mass is 32.2. The molecule has 1 heterocycles. The second-order valence-corrected chi connectivity index (χ2v) is 3.24. The van der Waals surface area contributed by atoms with E-state index in [1.165, 1.54) is 16.7 Å². The zero-order valence-electron chi connectivity index (χ0n) is 6.63. The van der Waals surface area contributed by atoms with E-state index >= 15 is 0 Å². The van der Waals surface area contributed by atoms with Crippen molar-refractivity contribution in [3.8, 4) is 0 Å². The first-order chi connectivity index (χ1) is 5.16.